The number of hydrogen-bond donors (Lipinski definition) is 1. The Bertz CT molecular complexity index is 1810. The number of benzene rings is 5. The van der Waals surface area contributed by atoms with Gasteiger partial charge in [-0.3, -0.25) is 9.59 Å². The Labute approximate surface area is 288 Å². The van der Waals surface area contributed by atoms with Gasteiger partial charge in [0.2, 0.25) is 0 Å². The zero-order valence-corrected chi connectivity index (χ0v) is 28.6. The van der Waals surface area contributed by atoms with Crippen LogP contribution in [0.5, 0.6) is 23.0 Å². The van der Waals surface area contributed by atoms with Gasteiger partial charge in [-0.25, -0.2) is 0 Å². The molecule has 0 aliphatic carbocycles. The summed E-state index contributed by atoms with van der Waals surface area (Å²) in [6.45, 7) is 0.505. The molecule has 1 N–H and O–H groups in total. The standard InChI is InChI=1S/C42H39O6P/c1-46-41-29-32(21-25-39(41)45)19-23-34(43)31-35(44)24-20-33-22-26-40(42(30-33)47-2)48-27-12-28-49(36-13-6-3-7-14-36,37-15-8-4-9-16-37)38-17-10-5-11-18-38/h3-11,13-26,29-30H,12,27-28,31H2,1-2H3/p+1/b24-20+. The molecule has 49 heavy (non-hydrogen) atoms. The normalized spacial score (nSPS) is 11.5. The molecule has 0 bridgehead atoms. The minimum Gasteiger partial charge on any atom is -0.504 e. The fraction of sp³-hybridized carbons (Fsp3) is 0.143. The van der Waals surface area contributed by atoms with E-state index < -0.39 is 7.26 Å². The van der Waals surface area contributed by atoms with Crippen LogP contribution >= 0.6 is 7.26 Å². The van der Waals surface area contributed by atoms with E-state index in [0.29, 0.717) is 29.4 Å². The maximum absolute atomic E-state index is 12.5. The third kappa shape index (κ3) is 8.92. The predicted octanol–water partition coefficient (Wildman–Crippen LogP) is 7.43. The Balaban J connectivity index is 1.22. The van der Waals surface area contributed by atoms with E-state index in [1.54, 1.807) is 31.4 Å². The lowest BCUT2D eigenvalue weighted by Gasteiger charge is -2.27. The van der Waals surface area contributed by atoms with E-state index >= 15 is 0 Å². The Hall–Kier alpha value is -5.45. The minimum absolute atomic E-state index is 0.0104. The first-order valence-electron chi connectivity index (χ1n) is 16.1. The highest BCUT2D eigenvalue weighted by atomic mass is 31.2. The molecule has 7 heteroatoms. The van der Waals surface area contributed by atoms with Crippen LogP contribution in [0.3, 0.4) is 0 Å². The van der Waals surface area contributed by atoms with Crippen molar-refractivity contribution in [2.75, 3.05) is 27.0 Å². The zero-order chi connectivity index (χ0) is 34.5. The summed E-state index contributed by atoms with van der Waals surface area (Å²) in [4.78, 5) is 24.9. The Morgan fingerprint density at radius 2 is 1.08 bits per heavy atom. The lowest BCUT2D eigenvalue weighted by atomic mass is 10.1. The Kier molecular flexibility index (Phi) is 12.2. The molecule has 5 aromatic rings. The molecular formula is C42H40O6P+. The van der Waals surface area contributed by atoms with Crippen LogP contribution in [0.4, 0.5) is 0 Å². The number of ketones is 2. The zero-order valence-electron chi connectivity index (χ0n) is 27.7. The van der Waals surface area contributed by atoms with Crippen molar-refractivity contribution in [3.8, 4) is 23.0 Å². The average molecular weight is 672 g/mol. The van der Waals surface area contributed by atoms with Gasteiger partial charge in [-0.1, -0.05) is 78.9 Å². The van der Waals surface area contributed by atoms with Gasteiger partial charge in [0, 0.05) is 6.42 Å². The summed E-state index contributed by atoms with van der Waals surface area (Å²) >= 11 is 0. The molecule has 0 unspecified atom stereocenters. The van der Waals surface area contributed by atoms with Crippen molar-refractivity contribution in [3.63, 3.8) is 0 Å². The van der Waals surface area contributed by atoms with Crippen molar-refractivity contribution in [1.82, 2.24) is 0 Å². The van der Waals surface area contributed by atoms with Gasteiger partial charge in [0.1, 0.15) is 23.2 Å². The van der Waals surface area contributed by atoms with E-state index in [2.05, 4.69) is 91.0 Å². The monoisotopic (exact) mass is 671 g/mol. The van der Waals surface area contributed by atoms with Crippen molar-refractivity contribution < 1.29 is 28.9 Å². The lowest BCUT2D eigenvalue weighted by molar-refractivity contribution is -0.121. The molecule has 0 fully saturated rings. The molecule has 0 heterocycles. The highest BCUT2D eigenvalue weighted by Gasteiger charge is 2.44. The summed E-state index contributed by atoms with van der Waals surface area (Å²) in [7, 11) is 1.09. The fourth-order valence-electron chi connectivity index (χ4n) is 5.74. The van der Waals surface area contributed by atoms with Gasteiger partial charge in [-0.2, -0.15) is 0 Å². The van der Waals surface area contributed by atoms with Crippen molar-refractivity contribution in [2.45, 2.75) is 12.8 Å². The van der Waals surface area contributed by atoms with Crippen LogP contribution in [0.2, 0.25) is 0 Å². The number of allylic oxidation sites excluding steroid dienone is 2. The van der Waals surface area contributed by atoms with E-state index in [-0.39, 0.29) is 23.7 Å². The first kappa shape index (κ1) is 34.9. The summed E-state index contributed by atoms with van der Waals surface area (Å²) in [6.07, 6.45) is 7.48. The molecule has 0 radical (unpaired) electrons. The summed E-state index contributed by atoms with van der Waals surface area (Å²) in [6, 6.07) is 42.6. The van der Waals surface area contributed by atoms with Crippen LogP contribution in [0, 0.1) is 0 Å². The molecule has 5 aromatic carbocycles. The highest BCUT2D eigenvalue weighted by molar-refractivity contribution is 7.95. The Morgan fingerprint density at radius 1 is 0.612 bits per heavy atom. The van der Waals surface area contributed by atoms with Crippen LogP contribution in [0.15, 0.2) is 140 Å². The van der Waals surface area contributed by atoms with Crippen molar-refractivity contribution in [2.24, 2.45) is 0 Å². The number of ether oxygens (including phenoxy) is 3. The predicted molar refractivity (Wildman–Crippen MR) is 200 cm³/mol. The van der Waals surface area contributed by atoms with Crippen molar-refractivity contribution in [3.05, 3.63) is 151 Å². The fourth-order valence-corrected chi connectivity index (χ4v) is 10.1. The van der Waals surface area contributed by atoms with Gasteiger partial charge in [0.05, 0.1) is 33.4 Å². The van der Waals surface area contributed by atoms with Gasteiger partial charge in [0.15, 0.2) is 34.6 Å². The molecular weight excluding hydrogens is 631 g/mol. The summed E-state index contributed by atoms with van der Waals surface area (Å²) in [5.74, 6) is 0.850. The molecule has 0 aliphatic heterocycles. The third-order valence-corrected chi connectivity index (χ3v) is 12.7. The lowest BCUT2D eigenvalue weighted by Crippen LogP contribution is -2.33. The van der Waals surface area contributed by atoms with E-state index in [4.69, 9.17) is 14.2 Å². The molecule has 0 spiro atoms. The van der Waals surface area contributed by atoms with Gasteiger partial charge >= 0.3 is 0 Å². The van der Waals surface area contributed by atoms with Crippen molar-refractivity contribution >= 4 is 46.9 Å². The molecule has 0 saturated carbocycles. The number of hydrogen-bond acceptors (Lipinski definition) is 6. The van der Waals surface area contributed by atoms with Crippen LogP contribution in [0.1, 0.15) is 24.0 Å². The number of carbonyl (C=O) groups excluding carboxylic acids is 2. The topological polar surface area (TPSA) is 82.1 Å². The second-order valence-electron chi connectivity index (χ2n) is 11.4. The molecule has 0 aromatic heterocycles. The number of carbonyl (C=O) groups is 2. The number of aromatic hydroxyl groups is 1. The maximum atomic E-state index is 12.5. The summed E-state index contributed by atoms with van der Waals surface area (Å²) in [5.41, 5.74) is 1.42. The van der Waals surface area contributed by atoms with E-state index in [1.165, 1.54) is 41.2 Å². The van der Waals surface area contributed by atoms with Crippen LogP contribution < -0.4 is 30.1 Å². The number of phenolic OH excluding ortho intramolecular Hbond substituents is 1. The molecule has 5 rings (SSSR count). The maximum Gasteiger partial charge on any atom is 0.163 e. The van der Waals surface area contributed by atoms with Gasteiger partial charge in [-0.05, 0) is 83.9 Å². The molecule has 0 aliphatic rings. The number of rotatable bonds is 16. The number of methoxy groups -OCH3 is 2. The van der Waals surface area contributed by atoms with Gasteiger partial charge in [-0.15, -0.1) is 0 Å². The van der Waals surface area contributed by atoms with E-state index in [0.717, 1.165) is 18.1 Å². The SMILES string of the molecule is COc1cc(/C=C/C(=O)CC(=O)/C=C/c2ccc(OCCC[P+](c3ccccc3)(c3ccccc3)c3ccccc3)c(OC)c2)ccc1O. The number of phenols is 1. The molecule has 0 saturated heterocycles. The molecule has 0 amide bonds. The van der Waals surface area contributed by atoms with Crippen LogP contribution in [0.25, 0.3) is 12.2 Å². The van der Waals surface area contributed by atoms with E-state index in [1.807, 2.05) is 18.2 Å². The molecule has 0 atom stereocenters. The van der Waals surface area contributed by atoms with Crippen LogP contribution in [-0.2, 0) is 9.59 Å². The second-order valence-corrected chi connectivity index (χ2v) is 15.0. The van der Waals surface area contributed by atoms with Gasteiger partial charge in [0.25, 0.3) is 0 Å². The highest BCUT2D eigenvalue weighted by Crippen LogP contribution is 2.55. The first-order chi connectivity index (χ1) is 23.9. The van der Waals surface area contributed by atoms with Crippen LogP contribution in [-0.4, -0.2) is 43.7 Å². The van der Waals surface area contributed by atoms with Gasteiger partial charge < -0.3 is 19.3 Å². The van der Waals surface area contributed by atoms with Crippen molar-refractivity contribution in [1.29, 1.82) is 0 Å². The third-order valence-electron chi connectivity index (χ3n) is 8.15. The largest absolute Gasteiger partial charge is 0.504 e. The summed E-state index contributed by atoms with van der Waals surface area (Å²) < 4.78 is 17.0. The quantitative estimate of drug-likeness (QED) is 0.0509. The Morgan fingerprint density at radius 3 is 1.57 bits per heavy atom. The molecule has 6 nitrogen and oxygen atoms in total. The first-order valence-corrected chi connectivity index (χ1v) is 18.0. The summed E-state index contributed by atoms with van der Waals surface area (Å²) in [5, 5.41) is 13.8. The smallest absolute Gasteiger partial charge is 0.163 e. The minimum atomic E-state index is -1.95. The van der Waals surface area contributed by atoms with E-state index in [9.17, 15) is 14.7 Å². The average Bonchev–Trinajstić information content (AvgIpc) is 3.15. The molecule has 248 valence electrons. The second kappa shape index (κ2) is 17.1.